The fourth-order valence-corrected chi connectivity index (χ4v) is 4.07. The summed E-state index contributed by atoms with van der Waals surface area (Å²) in [7, 11) is 0. The van der Waals surface area contributed by atoms with Gasteiger partial charge in [-0.15, -0.1) is 6.58 Å². The van der Waals surface area contributed by atoms with E-state index in [1.165, 1.54) is 11.1 Å². The summed E-state index contributed by atoms with van der Waals surface area (Å²) in [6.07, 6.45) is 7.57. The summed E-state index contributed by atoms with van der Waals surface area (Å²) < 4.78 is 0. The van der Waals surface area contributed by atoms with E-state index in [-0.39, 0.29) is 6.04 Å². The van der Waals surface area contributed by atoms with E-state index in [9.17, 15) is 5.11 Å². The number of hydrogen-bond donors (Lipinski definition) is 1. The van der Waals surface area contributed by atoms with E-state index >= 15 is 0 Å². The molecule has 0 amide bonds. The minimum absolute atomic E-state index is 0.255. The van der Waals surface area contributed by atoms with Crippen LogP contribution in [-0.4, -0.2) is 54.1 Å². The van der Waals surface area contributed by atoms with Gasteiger partial charge in [0.2, 0.25) is 0 Å². The molecule has 3 rings (SSSR count). The molecule has 2 unspecified atom stereocenters. The zero-order chi connectivity index (χ0) is 22.5. The highest BCUT2D eigenvalue weighted by Crippen LogP contribution is 2.29. The summed E-state index contributed by atoms with van der Waals surface area (Å²) in [4.78, 5) is 12.7. The molecule has 1 heterocycles. The largest absolute Gasteiger partial charge is 0.375 e. The van der Waals surface area contributed by atoms with Crippen LogP contribution in [0.5, 0.6) is 0 Å². The molecule has 0 bridgehead atoms. The molecule has 31 heavy (non-hydrogen) atoms. The number of rotatable bonds is 9. The summed E-state index contributed by atoms with van der Waals surface area (Å²) in [6, 6.07) is 21.7. The fraction of sp³-hybridized carbons (Fsp3) is 0.370. The van der Waals surface area contributed by atoms with Crippen molar-refractivity contribution in [1.29, 1.82) is 0 Å². The van der Waals surface area contributed by atoms with Gasteiger partial charge >= 0.3 is 0 Å². The molecule has 0 aromatic heterocycles. The maximum Gasteiger partial charge on any atom is 0.126 e. The summed E-state index contributed by atoms with van der Waals surface area (Å²) in [6.45, 7) is 11.6. The molecule has 4 nitrogen and oxygen atoms in total. The van der Waals surface area contributed by atoms with Gasteiger partial charge in [-0.1, -0.05) is 79.7 Å². The fourth-order valence-electron chi connectivity index (χ4n) is 4.07. The molecule has 2 atom stereocenters. The second kappa shape index (κ2) is 13.7. The van der Waals surface area contributed by atoms with E-state index in [1.54, 1.807) is 0 Å². The molecule has 0 aliphatic carbocycles. The maximum absolute atomic E-state index is 10.6. The predicted octanol–water partition coefficient (Wildman–Crippen LogP) is 4.69. The molecule has 0 saturated carbocycles. The Morgan fingerprint density at radius 2 is 1.39 bits per heavy atom. The Hall–Kier alpha value is -2.53. The number of piperazine rings is 1. The van der Waals surface area contributed by atoms with E-state index in [0.717, 1.165) is 39.0 Å². The molecule has 166 valence electrons. The number of aliphatic hydroxyl groups is 1. The van der Waals surface area contributed by atoms with Crippen LogP contribution in [0, 0.1) is 5.92 Å². The Balaban J connectivity index is 0.00000166. The SMILES string of the molecule is C=CC(CC)C/C=C/C(O)N1CCN(C(c2ccccc2)c2ccccc2)CC1.C=O. The number of nitrogens with zero attached hydrogens (tertiary/aromatic N) is 2. The van der Waals surface area contributed by atoms with Gasteiger partial charge in [-0.2, -0.15) is 0 Å². The van der Waals surface area contributed by atoms with Gasteiger partial charge in [-0.05, 0) is 36.0 Å². The zero-order valence-corrected chi connectivity index (χ0v) is 18.6. The molecular weight excluding hydrogens is 384 g/mol. The van der Waals surface area contributed by atoms with Gasteiger partial charge in [0.05, 0.1) is 6.04 Å². The quantitative estimate of drug-likeness (QED) is 0.598. The lowest BCUT2D eigenvalue weighted by atomic mass is 9.96. The zero-order valence-electron chi connectivity index (χ0n) is 18.6. The summed E-state index contributed by atoms with van der Waals surface area (Å²) in [5.74, 6) is 0.493. The van der Waals surface area contributed by atoms with Crippen LogP contribution in [-0.2, 0) is 4.79 Å². The number of benzene rings is 2. The maximum atomic E-state index is 10.6. The summed E-state index contributed by atoms with van der Waals surface area (Å²) >= 11 is 0. The van der Waals surface area contributed by atoms with Crippen molar-refractivity contribution < 1.29 is 9.90 Å². The van der Waals surface area contributed by atoms with E-state index in [2.05, 4.69) is 90.0 Å². The first kappa shape index (κ1) is 24.7. The number of carbonyl (C=O) groups excluding carboxylic acids is 1. The van der Waals surface area contributed by atoms with E-state index in [4.69, 9.17) is 4.79 Å². The van der Waals surface area contributed by atoms with E-state index < -0.39 is 6.23 Å². The molecule has 4 heteroatoms. The van der Waals surface area contributed by atoms with Crippen LogP contribution in [0.1, 0.15) is 36.9 Å². The van der Waals surface area contributed by atoms with Gasteiger partial charge in [0.1, 0.15) is 13.0 Å². The molecule has 2 aromatic carbocycles. The normalized spacial score (nSPS) is 17.1. The predicted molar refractivity (Wildman–Crippen MR) is 129 cm³/mol. The van der Waals surface area contributed by atoms with Crippen LogP contribution < -0.4 is 0 Å². The molecule has 1 saturated heterocycles. The van der Waals surface area contributed by atoms with Crippen molar-refractivity contribution in [3.63, 3.8) is 0 Å². The van der Waals surface area contributed by atoms with Crippen molar-refractivity contribution in [1.82, 2.24) is 9.80 Å². The first-order chi connectivity index (χ1) is 15.2. The van der Waals surface area contributed by atoms with Gasteiger partial charge in [-0.25, -0.2) is 0 Å². The molecule has 1 N–H and O–H groups in total. The van der Waals surface area contributed by atoms with Crippen molar-refractivity contribution in [3.8, 4) is 0 Å². The van der Waals surface area contributed by atoms with Crippen LogP contribution in [0.25, 0.3) is 0 Å². The highest BCUT2D eigenvalue weighted by Gasteiger charge is 2.27. The molecule has 0 radical (unpaired) electrons. The lowest BCUT2D eigenvalue weighted by Crippen LogP contribution is -2.50. The van der Waals surface area contributed by atoms with Gasteiger partial charge in [0.15, 0.2) is 0 Å². The van der Waals surface area contributed by atoms with Gasteiger partial charge in [0.25, 0.3) is 0 Å². The van der Waals surface area contributed by atoms with Crippen molar-refractivity contribution in [2.24, 2.45) is 5.92 Å². The lowest BCUT2D eigenvalue weighted by molar-refractivity contribution is -0.0979. The van der Waals surface area contributed by atoms with Crippen LogP contribution >= 0.6 is 0 Å². The van der Waals surface area contributed by atoms with Crippen LogP contribution in [0.3, 0.4) is 0 Å². The third-order valence-corrected chi connectivity index (χ3v) is 5.92. The van der Waals surface area contributed by atoms with Gasteiger partial charge in [-0.3, -0.25) is 9.80 Å². The van der Waals surface area contributed by atoms with E-state index in [1.807, 2.05) is 18.9 Å². The standard InChI is InChI=1S/C26H34N2O.CH2O/c1-3-22(4-2)12-11-17-25(29)27-18-20-28(21-19-27)26(23-13-7-5-8-14-23)24-15-9-6-10-16-24;1-2/h3,5-11,13-17,22,25-26,29H,1,4,12,18-21H2,2H3;1H2/b17-11+;. The van der Waals surface area contributed by atoms with E-state index in [0.29, 0.717) is 5.92 Å². The first-order valence-corrected chi connectivity index (χ1v) is 11.1. The molecule has 0 spiro atoms. The Morgan fingerprint density at radius 3 is 1.84 bits per heavy atom. The molecular formula is C27H36N2O2. The highest BCUT2D eigenvalue weighted by molar-refractivity contribution is 5.32. The first-order valence-electron chi connectivity index (χ1n) is 11.1. The molecule has 1 aliphatic rings. The Kier molecular flexibility index (Phi) is 10.9. The Labute approximate surface area is 187 Å². The van der Waals surface area contributed by atoms with Crippen LogP contribution in [0.2, 0.25) is 0 Å². The Bertz CT molecular complexity index is 731. The molecule has 1 fully saturated rings. The average Bonchev–Trinajstić information content (AvgIpc) is 2.85. The average molecular weight is 421 g/mol. The van der Waals surface area contributed by atoms with Crippen LogP contribution in [0.15, 0.2) is 85.5 Å². The number of carbonyl (C=O) groups is 1. The van der Waals surface area contributed by atoms with Gasteiger partial charge in [0, 0.05) is 26.2 Å². The minimum atomic E-state index is -0.508. The third-order valence-electron chi connectivity index (χ3n) is 5.92. The molecule has 2 aromatic rings. The van der Waals surface area contributed by atoms with Crippen molar-refractivity contribution >= 4 is 6.79 Å². The van der Waals surface area contributed by atoms with Crippen molar-refractivity contribution in [2.75, 3.05) is 26.2 Å². The monoisotopic (exact) mass is 420 g/mol. The van der Waals surface area contributed by atoms with Crippen molar-refractivity contribution in [3.05, 3.63) is 96.6 Å². The third kappa shape index (κ3) is 7.28. The summed E-state index contributed by atoms with van der Waals surface area (Å²) in [5.41, 5.74) is 2.64. The smallest absolute Gasteiger partial charge is 0.126 e. The number of aliphatic hydroxyl groups excluding tert-OH is 1. The number of allylic oxidation sites excluding steroid dienone is 2. The second-order valence-electron chi connectivity index (χ2n) is 7.78. The van der Waals surface area contributed by atoms with Gasteiger partial charge < -0.3 is 9.90 Å². The second-order valence-corrected chi connectivity index (χ2v) is 7.78. The Morgan fingerprint density at radius 1 is 0.903 bits per heavy atom. The number of hydrogen-bond acceptors (Lipinski definition) is 4. The summed E-state index contributed by atoms with van der Waals surface area (Å²) in [5, 5.41) is 10.6. The highest BCUT2D eigenvalue weighted by atomic mass is 16.3. The lowest BCUT2D eigenvalue weighted by Gasteiger charge is -2.40. The van der Waals surface area contributed by atoms with Crippen molar-refractivity contribution in [2.45, 2.75) is 32.0 Å². The van der Waals surface area contributed by atoms with Crippen LogP contribution in [0.4, 0.5) is 0 Å². The molecule has 1 aliphatic heterocycles. The topological polar surface area (TPSA) is 43.8 Å². The minimum Gasteiger partial charge on any atom is -0.375 e.